The molecular formula is C41H40N2Na2O2. The van der Waals surface area contributed by atoms with Gasteiger partial charge in [-0.05, 0) is 62.3 Å². The van der Waals surface area contributed by atoms with E-state index in [1.807, 2.05) is 97.1 Å². The Bertz CT molecular complexity index is 1720. The fourth-order valence-electron chi connectivity index (χ4n) is 5.71. The van der Waals surface area contributed by atoms with Crippen LogP contribution in [-0.4, -0.2) is 12.4 Å². The normalized spacial score (nSPS) is 11.4. The minimum Gasteiger partial charge on any atom is -0.872 e. The molecule has 0 unspecified atom stereocenters. The maximum Gasteiger partial charge on any atom is 1.00 e. The first kappa shape index (κ1) is 38.5. The van der Waals surface area contributed by atoms with Gasteiger partial charge < -0.3 is 10.2 Å². The Hall–Kier alpha value is -2.96. The van der Waals surface area contributed by atoms with E-state index in [0.717, 1.165) is 39.2 Å². The maximum absolute atomic E-state index is 13.5. The first-order chi connectivity index (χ1) is 21.7. The van der Waals surface area contributed by atoms with Gasteiger partial charge in [-0.25, -0.2) is 0 Å². The molecule has 0 aromatic heterocycles. The number of aliphatic imine (C=N–C) groups is 2. The monoisotopic (exact) mass is 638 g/mol. The third-order valence-electron chi connectivity index (χ3n) is 8.12. The van der Waals surface area contributed by atoms with Crippen LogP contribution in [0.1, 0.15) is 87.1 Å². The average Bonchev–Trinajstić information content (AvgIpc) is 3.03. The van der Waals surface area contributed by atoms with Crippen LogP contribution in [0.25, 0.3) is 22.3 Å². The van der Waals surface area contributed by atoms with Crippen LogP contribution in [0.3, 0.4) is 0 Å². The van der Waals surface area contributed by atoms with Gasteiger partial charge in [0.05, 0.1) is 11.4 Å². The smallest absolute Gasteiger partial charge is 0.872 e. The Morgan fingerprint density at radius 3 is 1.21 bits per heavy atom. The van der Waals surface area contributed by atoms with Crippen LogP contribution in [0.15, 0.2) is 113 Å². The summed E-state index contributed by atoms with van der Waals surface area (Å²) in [4.78, 5) is 10.1. The second-order valence-electron chi connectivity index (χ2n) is 12.3. The Balaban J connectivity index is 0.00000300. The van der Waals surface area contributed by atoms with Crippen LogP contribution in [0.5, 0.6) is 11.5 Å². The number of hydrogen-bond donors (Lipinski definition) is 0. The average molecular weight is 639 g/mol. The van der Waals surface area contributed by atoms with E-state index >= 15 is 0 Å². The van der Waals surface area contributed by atoms with E-state index in [0.29, 0.717) is 22.3 Å². The third-order valence-corrected chi connectivity index (χ3v) is 8.12. The summed E-state index contributed by atoms with van der Waals surface area (Å²) in [6, 6.07) is 32.8. The molecule has 0 aliphatic carbocycles. The second kappa shape index (κ2) is 17.4. The molecule has 5 rings (SSSR count). The van der Waals surface area contributed by atoms with E-state index in [1.54, 1.807) is 12.4 Å². The molecule has 0 aliphatic heterocycles. The number of para-hydroxylation sites is 2. The summed E-state index contributed by atoms with van der Waals surface area (Å²) in [5.41, 5.74) is 9.04. The predicted molar refractivity (Wildman–Crippen MR) is 186 cm³/mol. The molecule has 0 amide bonds. The molecule has 0 spiro atoms. The van der Waals surface area contributed by atoms with Gasteiger partial charge in [0.1, 0.15) is 0 Å². The van der Waals surface area contributed by atoms with E-state index in [9.17, 15) is 10.2 Å². The number of nitrogens with zero attached hydrogens (tertiary/aromatic N) is 2. The fourth-order valence-corrected chi connectivity index (χ4v) is 5.71. The summed E-state index contributed by atoms with van der Waals surface area (Å²) in [6.07, 6.45) is 3.40. The van der Waals surface area contributed by atoms with Crippen molar-refractivity contribution in [3.63, 3.8) is 0 Å². The van der Waals surface area contributed by atoms with Gasteiger partial charge in [-0.2, -0.15) is 0 Å². The van der Waals surface area contributed by atoms with Gasteiger partial charge in [0.15, 0.2) is 0 Å². The van der Waals surface area contributed by atoms with Crippen molar-refractivity contribution in [1.82, 2.24) is 0 Å². The van der Waals surface area contributed by atoms with Gasteiger partial charge in [-0.1, -0.05) is 156 Å². The zero-order valence-electron chi connectivity index (χ0n) is 28.9. The van der Waals surface area contributed by atoms with Gasteiger partial charge in [0.25, 0.3) is 0 Å². The molecule has 0 aliphatic rings. The van der Waals surface area contributed by atoms with Crippen LogP contribution in [-0.2, 0) is 0 Å². The molecule has 0 radical (unpaired) electrons. The molecule has 6 heteroatoms. The van der Waals surface area contributed by atoms with Crippen LogP contribution >= 0.6 is 0 Å². The van der Waals surface area contributed by atoms with Crippen molar-refractivity contribution >= 4 is 23.8 Å². The first-order valence-corrected chi connectivity index (χ1v) is 15.7. The molecule has 0 atom stereocenters. The van der Waals surface area contributed by atoms with Crippen molar-refractivity contribution in [3.05, 3.63) is 131 Å². The second-order valence-corrected chi connectivity index (χ2v) is 12.3. The maximum atomic E-state index is 13.5. The molecule has 0 heterocycles. The molecule has 5 aromatic rings. The Morgan fingerprint density at radius 2 is 0.872 bits per heavy atom. The standard InChI is InChI=1S/C41H42N2O2.2Na/c1-26(2)35-23-36(27(3)4)39(43-25-32-20-14-22-34(41(32)45)30-17-11-8-12-18-30)37(28(5)6)38(35)42-24-31-19-13-21-33(40(31)44)29-15-9-7-10-16-29;;/h7-28,44-45H,1-6H3;;/q;2*+1/p-2. The fraction of sp³-hybridized carbons (Fsp3) is 0.220. The SMILES string of the molecule is CC(C)c1cc(C(C)C)c(N=Cc2cccc(-c3ccccc3)c2[O-])c(C(C)C)c1N=Cc1cccc(-c2ccccc2)c1[O-].[Na+].[Na+]. The van der Waals surface area contributed by atoms with Crippen LogP contribution in [0.4, 0.5) is 11.4 Å². The summed E-state index contributed by atoms with van der Waals surface area (Å²) in [5, 5.41) is 27.0. The van der Waals surface area contributed by atoms with Crippen molar-refractivity contribution in [1.29, 1.82) is 0 Å². The Kier molecular flexibility index (Phi) is 14.3. The number of benzene rings is 5. The first-order valence-electron chi connectivity index (χ1n) is 15.7. The molecule has 0 saturated carbocycles. The summed E-state index contributed by atoms with van der Waals surface area (Å²) in [7, 11) is 0. The molecule has 228 valence electrons. The number of hydrogen-bond acceptors (Lipinski definition) is 4. The molecule has 0 bridgehead atoms. The zero-order chi connectivity index (χ0) is 32.1. The van der Waals surface area contributed by atoms with E-state index in [1.165, 1.54) is 0 Å². The van der Waals surface area contributed by atoms with Crippen LogP contribution < -0.4 is 69.3 Å². The molecule has 47 heavy (non-hydrogen) atoms. The van der Waals surface area contributed by atoms with Gasteiger partial charge in [-0.3, -0.25) is 9.98 Å². The van der Waals surface area contributed by atoms with Crippen LogP contribution in [0.2, 0.25) is 0 Å². The van der Waals surface area contributed by atoms with Gasteiger partial charge in [-0.15, -0.1) is 0 Å². The summed E-state index contributed by atoms with van der Waals surface area (Å²) in [5.74, 6) is 0.378. The molecule has 0 N–H and O–H groups in total. The minimum absolute atomic E-state index is 0. The van der Waals surface area contributed by atoms with Gasteiger partial charge in [0.2, 0.25) is 0 Å². The minimum atomic E-state index is -0.0528. The van der Waals surface area contributed by atoms with Gasteiger partial charge in [0, 0.05) is 18.0 Å². The van der Waals surface area contributed by atoms with Crippen LogP contribution in [0, 0.1) is 0 Å². The van der Waals surface area contributed by atoms with Crippen molar-refractivity contribution in [3.8, 4) is 33.8 Å². The Labute approximate surface area is 324 Å². The quantitative estimate of drug-likeness (QED) is 0.181. The summed E-state index contributed by atoms with van der Waals surface area (Å²) in [6.45, 7) is 13.0. The summed E-state index contributed by atoms with van der Waals surface area (Å²) < 4.78 is 0. The topological polar surface area (TPSA) is 70.8 Å². The van der Waals surface area contributed by atoms with Crippen molar-refractivity contribution in [2.75, 3.05) is 0 Å². The van der Waals surface area contributed by atoms with Crippen molar-refractivity contribution in [2.24, 2.45) is 9.98 Å². The molecule has 5 aromatic carbocycles. The molecular weight excluding hydrogens is 598 g/mol. The predicted octanol–water partition coefficient (Wildman–Crippen LogP) is 4.05. The summed E-state index contributed by atoms with van der Waals surface area (Å²) >= 11 is 0. The van der Waals surface area contributed by atoms with E-state index in [-0.39, 0.29) is 88.4 Å². The van der Waals surface area contributed by atoms with E-state index in [2.05, 4.69) is 47.6 Å². The van der Waals surface area contributed by atoms with E-state index in [4.69, 9.17) is 9.98 Å². The van der Waals surface area contributed by atoms with E-state index < -0.39 is 0 Å². The molecule has 4 nitrogen and oxygen atoms in total. The zero-order valence-corrected chi connectivity index (χ0v) is 32.9. The van der Waals surface area contributed by atoms with Crippen molar-refractivity contribution < 1.29 is 69.3 Å². The molecule has 0 fully saturated rings. The third kappa shape index (κ3) is 8.75. The number of rotatable bonds is 9. The largest absolute Gasteiger partial charge is 1.00 e. The van der Waals surface area contributed by atoms with Gasteiger partial charge >= 0.3 is 59.1 Å². The van der Waals surface area contributed by atoms with Crippen molar-refractivity contribution in [2.45, 2.75) is 59.3 Å². The molecule has 0 saturated heterocycles. The Morgan fingerprint density at radius 1 is 0.489 bits per heavy atom.